The number of carbonyl (C=O) groups is 2. The Morgan fingerprint density at radius 1 is 1.29 bits per heavy atom. The number of nitrogens with one attached hydrogen (secondary N) is 1. The molecule has 0 fully saturated rings. The third kappa shape index (κ3) is 4.29. The van der Waals surface area contributed by atoms with Gasteiger partial charge in [0.25, 0.3) is 0 Å². The zero-order chi connectivity index (χ0) is 22.0. The van der Waals surface area contributed by atoms with Gasteiger partial charge in [-0.15, -0.1) is 0 Å². The summed E-state index contributed by atoms with van der Waals surface area (Å²) in [6, 6.07) is 9.62. The first-order valence-corrected chi connectivity index (χ1v) is 10.1. The number of ketones is 1. The molecule has 2 aliphatic rings. The Morgan fingerprint density at radius 2 is 2.06 bits per heavy atom. The molecule has 0 unspecified atom stereocenters. The number of allylic oxidation sites excluding steroid dienone is 4. The third-order valence-electron chi connectivity index (χ3n) is 5.12. The molecule has 2 heterocycles. The van der Waals surface area contributed by atoms with E-state index in [4.69, 9.17) is 17.3 Å². The Hall–Kier alpha value is -3.65. The molecule has 4 rings (SSSR count). The van der Waals surface area contributed by atoms with Gasteiger partial charge in [0.15, 0.2) is 5.78 Å². The van der Waals surface area contributed by atoms with E-state index in [1.165, 1.54) is 6.20 Å². The lowest BCUT2D eigenvalue weighted by Gasteiger charge is -2.35. The highest BCUT2D eigenvalue weighted by Gasteiger charge is 2.29. The van der Waals surface area contributed by atoms with E-state index in [2.05, 4.69) is 20.2 Å². The Bertz CT molecular complexity index is 1130. The van der Waals surface area contributed by atoms with Crippen molar-refractivity contribution in [1.29, 1.82) is 0 Å². The first-order valence-electron chi connectivity index (χ1n) is 9.70. The zero-order valence-corrected chi connectivity index (χ0v) is 17.2. The number of nitrogens with zero attached hydrogens (tertiary/aromatic N) is 3. The van der Waals surface area contributed by atoms with Crippen LogP contribution in [0.15, 0.2) is 71.1 Å². The van der Waals surface area contributed by atoms with Gasteiger partial charge in [-0.3, -0.25) is 4.79 Å². The number of carbonyl (C=O) groups excluding carboxylic acids is 1. The van der Waals surface area contributed by atoms with Crippen molar-refractivity contribution < 1.29 is 14.7 Å². The fraction of sp³-hybridized carbons (Fsp3) is 0.182. The summed E-state index contributed by atoms with van der Waals surface area (Å²) in [4.78, 5) is 33.7. The van der Waals surface area contributed by atoms with Crippen LogP contribution in [0.5, 0.6) is 0 Å². The van der Waals surface area contributed by atoms with Crippen LogP contribution >= 0.6 is 11.6 Å². The highest BCUT2D eigenvalue weighted by atomic mass is 35.5. The number of rotatable bonds is 6. The van der Waals surface area contributed by atoms with E-state index < -0.39 is 5.97 Å². The van der Waals surface area contributed by atoms with Crippen LogP contribution in [0.3, 0.4) is 0 Å². The molecule has 1 aromatic carbocycles. The highest BCUT2D eigenvalue weighted by Crippen LogP contribution is 2.36. The molecule has 31 heavy (non-hydrogen) atoms. The van der Waals surface area contributed by atoms with Crippen LogP contribution in [0.1, 0.15) is 23.2 Å². The molecule has 1 aliphatic heterocycles. The average molecular weight is 438 g/mol. The number of nitrogens with two attached hydrogens (primary N) is 1. The molecule has 1 aliphatic carbocycles. The summed E-state index contributed by atoms with van der Waals surface area (Å²) < 4.78 is 0. The lowest BCUT2D eigenvalue weighted by atomic mass is 9.89. The van der Waals surface area contributed by atoms with E-state index in [-0.39, 0.29) is 35.6 Å². The van der Waals surface area contributed by atoms with Crippen molar-refractivity contribution in [3.8, 4) is 0 Å². The minimum Gasteiger partial charge on any atom is -0.477 e. The molecule has 2 aromatic rings. The predicted octanol–water partition coefficient (Wildman–Crippen LogP) is 3.35. The lowest BCUT2D eigenvalue weighted by molar-refractivity contribution is -0.114. The Labute approximate surface area is 183 Å². The number of halogens is 1. The van der Waals surface area contributed by atoms with Crippen molar-refractivity contribution >= 4 is 40.8 Å². The van der Waals surface area contributed by atoms with Crippen molar-refractivity contribution in [1.82, 2.24) is 9.97 Å². The second-order valence-electron chi connectivity index (χ2n) is 7.12. The third-order valence-corrected chi connectivity index (χ3v) is 5.48. The monoisotopic (exact) mass is 437 g/mol. The number of benzene rings is 1. The van der Waals surface area contributed by atoms with Gasteiger partial charge in [-0.1, -0.05) is 42.0 Å². The van der Waals surface area contributed by atoms with Crippen LogP contribution < -0.4 is 16.0 Å². The number of aromatic carboxylic acids is 1. The van der Waals surface area contributed by atoms with Gasteiger partial charge < -0.3 is 21.1 Å². The lowest BCUT2D eigenvalue weighted by Crippen LogP contribution is -2.36. The second kappa shape index (κ2) is 8.61. The molecule has 0 spiro atoms. The van der Waals surface area contributed by atoms with Gasteiger partial charge in [0, 0.05) is 47.2 Å². The first-order chi connectivity index (χ1) is 14.9. The predicted molar refractivity (Wildman–Crippen MR) is 119 cm³/mol. The van der Waals surface area contributed by atoms with Gasteiger partial charge in [-0.25, -0.2) is 9.78 Å². The number of nitrogen functional groups attached to an aromatic ring is 1. The average Bonchev–Trinajstić information content (AvgIpc) is 2.76. The number of carboxylic acid groups (broad SMARTS) is 1. The van der Waals surface area contributed by atoms with Crippen LogP contribution in [0, 0.1) is 0 Å². The van der Waals surface area contributed by atoms with E-state index in [1.54, 1.807) is 6.08 Å². The fourth-order valence-corrected chi connectivity index (χ4v) is 3.84. The summed E-state index contributed by atoms with van der Waals surface area (Å²) in [5.41, 5.74) is 7.83. The Morgan fingerprint density at radius 3 is 2.81 bits per heavy atom. The topological polar surface area (TPSA) is 121 Å². The van der Waals surface area contributed by atoms with Crippen LogP contribution in [0.25, 0.3) is 0 Å². The maximum Gasteiger partial charge on any atom is 0.341 e. The summed E-state index contributed by atoms with van der Waals surface area (Å²) in [5.74, 6) is -0.973. The van der Waals surface area contributed by atoms with Crippen molar-refractivity contribution in [3.05, 3.63) is 76.6 Å². The largest absolute Gasteiger partial charge is 0.477 e. The summed E-state index contributed by atoms with van der Waals surface area (Å²) >= 11 is 6.38. The van der Waals surface area contributed by atoms with Crippen LogP contribution in [-0.4, -0.2) is 39.4 Å². The minimum atomic E-state index is -1.14. The van der Waals surface area contributed by atoms with Gasteiger partial charge >= 0.3 is 5.97 Å². The molecule has 4 N–H and O–H groups in total. The molecular weight excluding hydrogens is 418 g/mol. The molecule has 158 valence electrons. The quantitative estimate of drug-likeness (QED) is 0.629. The number of Topliss-reactive ketones (excluding diaryl/α,β-unsaturated/α-hetero) is 1. The number of para-hydroxylation sites is 1. The van der Waals surface area contributed by atoms with E-state index in [0.717, 1.165) is 5.69 Å². The number of carboxylic acids is 1. The van der Waals surface area contributed by atoms with Gasteiger partial charge in [0.2, 0.25) is 5.95 Å². The highest BCUT2D eigenvalue weighted by molar-refractivity contribution is 6.34. The van der Waals surface area contributed by atoms with Crippen molar-refractivity contribution in [2.45, 2.75) is 18.9 Å². The summed E-state index contributed by atoms with van der Waals surface area (Å²) in [6.07, 6.45) is 7.58. The normalized spacial score (nSPS) is 18.0. The van der Waals surface area contributed by atoms with E-state index in [9.17, 15) is 14.7 Å². The minimum absolute atomic E-state index is 0.0139. The van der Waals surface area contributed by atoms with Crippen LogP contribution in [0.2, 0.25) is 0 Å². The van der Waals surface area contributed by atoms with Crippen molar-refractivity contribution in [2.24, 2.45) is 0 Å². The summed E-state index contributed by atoms with van der Waals surface area (Å²) in [6.45, 7) is 0.398. The Kier molecular flexibility index (Phi) is 5.73. The van der Waals surface area contributed by atoms with Crippen molar-refractivity contribution in [3.63, 3.8) is 0 Å². The molecule has 0 radical (unpaired) electrons. The molecule has 1 atom stereocenters. The van der Waals surface area contributed by atoms with Crippen LogP contribution in [0.4, 0.5) is 17.5 Å². The number of hydrogen-bond acceptors (Lipinski definition) is 7. The maximum atomic E-state index is 12.5. The second-order valence-corrected chi connectivity index (χ2v) is 7.53. The molecule has 0 amide bonds. The molecular formula is C22H20ClN5O3. The molecule has 0 saturated carbocycles. The van der Waals surface area contributed by atoms with E-state index >= 15 is 0 Å². The number of anilines is 3. The summed E-state index contributed by atoms with van der Waals surface area (Å²) in [7, 11) is 0. The van der Waals surface area contributed by atoms with Crippen molar-refractivity contribution in [2.75, 3.05) is 22.5 Å². The number of hydrogen-bond donors (Lipinski definition) is 3. The van der Waals surface area contributed by atoms with E-state index in [0.29, 0.717) is 29.1 Å². The van der Waals surface area contributed by atoms with Gasteiger partial charge in [0.05, 0.1) is 6.04 Å². The molecule has 1 aromatic heterocycles. The summed E-state index contributed by atoms with van der Waals surface area (Å²) in [5, 5.41) is 12.9. The SMILES string of the molecule is Nc1ncc(C(=O)O)c(NCC[C@H]2C=C3C(=O)CC=C(Cl)C3=CN2c2ccccc2)n1. The number of aromatic nitrogens is 2. The van der Waals surface area contributed by atoms with Gasteiger partial charge in [-0.2, -0.15) is 4.98 Å². The first kappa shape index (κ1) is 20.6. The molecule has 8 nitrogen and oxygen atoms in total. The Balaban J connectivity index is 1.59. The maximum absolute atomic E-state index is 12.5. The zero-order valence-electron chi connectivity index (χ0n) is 16.5. The van der Waals surface area contributed by atoms with E-state index in [1.807, 2.05) is 42.6 Å². The molecule has 9 heteroatoms. The number of fused-ring (bicyclic) bond motifs is 1. The smallest absolute Gasteiger partial charge is 0.341 e. The fourth-order valence-electron chi connectivity index (χ4n) is 3.62. The van der Waals surface area contributed by atoms with Gasteiger partial charge in [0.1, 0.15) is 11.4 Å². The molecule has 0 saturated heterocycles. The van der Waals surface area contributed by atoms with Crippen LogP contribution in [-0.2, 0) is 4.79 Å². The standard InChI is InChI=1S/C22H20ClN5O3/c23-18-6-7-19(29)15-10-14(28(12-17(15)18)13-4-2-1-3-5-13)8-9-25-20-16(21(30)31)11-26-22(24)27-20/h1-6,10-12,14H,7-9H2,(H,30,31)(H3,24,25,26,27)/t14-/m0/s1. The molecule has 0 bridgehead atoms. The van der Waals surface area contributed by atoms with Gasteiger partial charge in [-0.05, 0) is 18.6 Å².